The van der Waals surface area contributed by atoms with Crippen molar-refractivity contribution in [1.82, 2.24) is 0 Å². The van der Waals surface area contributed by atoms with Gasteiger partial charge in [0, 0.05) is 6.07 Å². The summed E-state index contributed by atoms with van der Waals surface area (Å²) in [5, 5.41) is 0. The monoisotopic (exact) mass is 239 g/mol. The Kier molecular flexibility index (Phi) is 2.99. The van der Waals surface area contributed by atoms with Crippen molar-refractivity contribution >= 4 is 11.2 Å². The van der Waals surface area contributed by atoms with Crippen LogP contribution in [-0.2, 0) is 24.0 Å². The van der Waals surface area contributed by atoms with Crippen LogP contribution < -0.4 is 4.74 Å². The van der Waals surface area contributed by atoms with Gasteiger partial charge >= 0.3 is 0 Å². The molecule has 0 heterocycles. The molecule has 3 heteroatoms. The van der Waals surface area contributed by atoms with E-state index in [9.17, 15) is 4.55 Å². The average Bonchev–Trinajstić information content (AvgIpc) is 2.35. The summed E-state index contributed by atoms with van der Waals surface area (Å²) in [7, 11) is 1.54. The molecule has 2 nitrogen and oxygen atoms in total. The molecule has 0 aliphatic heterocycles. The highest BCUT2D eigenvalue weighted by molar-refractivity contribution is 7.91. The molecule has 0 amide bonds. The molecule has 0 aromatic heterocycles. The highest BCUT2D eigenvalue weighted by Gasteiger charge is 2.20. The Morgan fingerprint density at radius 2 is 2.12 bits per heavy atom. The van der Waals surface area contributed by atoms with Crippen LogP contribution in [0.1, 0.15) is 33.6 Å². The van der Waals surface area contributed by atoms with Crippen LogP contribution in [0.2, 0.25) is 0 Å². The fourth-order valence-electron chi connectivity index (χ4n) is 2.15. The third kappa shape index (κ3) is 2.20. The largest absolute Gasteiger partial charge is 0.611 e. The summed E-state index contributed by atoms with van der Waals surface area (Å²) in [6.07, 6.45) is 4.32. The fourth-order valence-corrected chi connectivity index (χ4v) is 2.95. The average molecular weight is 239 g/mol. The highest BCUT2D eigenvalue weighted by Crippen LogP contribution is 2.32. The van der Waals surface area contributed by atoms with Gasteiger partial charge in [0.2, 0.25) is 0 Å². The molecule has 0 radical (unpaired) electrons. The molecular weight excluding hydrogens is 220 g/mol. The van der Waals surface area contributed by atoms with E-state index in [0.717, 1.165) is 19.3 Å². The number of hydrogen-bond acceptors (Lipinski definition) is 2. The maximum atomic E-state index is 12.2. The second-order valence-electron chi connectivity index (χ2n) is 3.95. The van der Waals surface area contributed by atoms with Crippen molar-refractivity contribution in [3.8, 4) is 5.75 Å². The first kappa shape index (κ1) is 9.37. The van der Waals surface area contributed by atoms with E-state index in [1.165, 1.54) is 31.6 Å². The van der Waals surface area contributed by atoms with Gasteiger partial charge in [-0.3, -0.25) is 0 Å². The van der Waals surface area contributed by atoms with Crippen molar-refractivity contribution in [3.05, 3.63) is 23.3 Å². The van der Waals surface area contributed by atoms with Crippen molar-refractivity contribution in [2.24, 2.45) is 0 Å². The van der Waals surface area contributed by atoms with Crippen LogP contribution in [0, 0.1) is 0 Å². The first-order valence-electron chi connectivity index (χ1n) is 6.55. The summed E-state index contributed by atoms with van der Waals surface area (Å²) < 4.78 is 32.7. The molecule has 1 aromatic carbocycles. The number of fused-ring (bicyclic) bond motifs is 1. The molecule has 2 atom stereocenters. The summed E-state index contributed by atoms with van der Waals surface area (Å²) in [6, 6.07) is 3.79. The van der Waals surface area contributed by atoms with Crippen LogP contribution in [-0.4, -0.2) is 17.4 Å². The predicted molar refractivity (Wildman–Crippen MR) is 66.6 cm³/mol. The van der Waals surface area contributed by atoms with E-state index < -0.39 is 16.9 Å². The molecule has 0 fully saturated rings. The van der Waals surface area contributed by atoms with Gasteiger partial charge in [-0.05, 0) is 61.0 Å². The van der Waals surface area contributed by atoms with Gasteiger partial charge in [-0.1, -0.05) is 0 Å². The van der Waals surface area contributed by atoms with E-state index in [0.29, 0.717) is 10.6 Å². The first-order chi connectivity index (χ1) is 8.43. The van der Waals surface area contributed by atoms with E-state index in [1.807, 2.05) is 12.1 Å². The second kappa shape index (κ2) is 5.11. The van der Waals surface area contributed by atoms with Gasteiger partial charge in [0.15, 0.2) is 10.6 Å². The number of benzene rings is 1. The zero-order valence-corrected chi connectivity index (χ0v) is 10.5. The summed E-state index contributed by atoms with van der Waals surface area (Å²) in [6.45, 7) is 1.34. The zero-order chi connectivity index (χ0) is 13.3. The lowest BCUT2D eigenvalue weighted by Crippen LogP contribution is -2.10. The summed E-state index contributed by atoms with van der Waals surface area (Å²) in [4.78, 5) is 0.477. The van der Waals surface area contributed by atoms with Crippen LogP contribution in [0.4, 0.5) is 0 Å². The lowest BCUT2D eigenvalue weighted by Gasteiger charge is -2.19. The van der Waals surface area contributed by atoms with Crippen LogP contribution >= 0.6 is 0 Å². The Labute approximate surface area is 103 Å². The van der Waals surface area contributed by atoms with Crippen molar-refractivity contribution in [1.29, 1.82) is 0 Å². The lowest BCUT2D eigenvalue weighted by atomic mass is 9.92. The highest BCUT2D eigenvalue weighted by atomic mass is 32.2. The minimum atomic E-state index is -1.75. The molecule has 16 heavy (non-hydrogen) atoms. The number of aryl methyl sites for hydroxylation is 2. The van der Waals surface area contributed by atoms with Crippen LogP contribution in [0.5, 0.6) is 5.75 Å². The molecule has 1 aliphatic rings. The fraction of sp³-hybridized carbons (Fsp3) is 0.538. The summed E-state index contributed by atoms with van der Waals surface area (Å²) in [5.41, 5.74) is 0.682. The molecule has 1 unspecified atom stereocenters. The molecule has 0 bridgehead atoms. The predicted octanol–water partition coefficient (Wildman–Crippen LogP) is 2.70. The Hall–Kier alpha value is -0.670. The third-order valence-corrected chi connectivity index (χ3v) is 4.10. The number of methoxy groups -OCH3 is 1. The lowest BCUT2D eigenvalue weighted by molar-refractivity contribution is 0.401. The molecule has 0 saturated heterocycles. The molecule has 0 spiro atoms. The number of rotatable bonds is 3. The van der Waals surface area contributed by atoms with Crippen LogP contribution in [0.15, 0.2) is 17.0 Å². The van der Waals surface area contributed by atoms with Crippen molar-refractivity contribution in [2.75, 3.05) is 12.8 Å². The minimum absolute atomic E-state index is 0.477. The van der Waals surface area contributed by atoms with E-state index >= 15 is 0 Å². The van der Waals surface area contributed by atoms with E-state index in [1.54, 1.807) is 0 Å². The van der Waals surface area contributed by atoms with Gasteiger partial charge < -0.3 is 9.29 Å². The summed E-state index contributed by atoms with van der Waals surface area (Å²) >= 11 is -1.70. The maximum Gasteiger partial charge on any atom is 0.194 e. The minimum Gasteiger partial charge on any atom is -0.611 e. The van der Waals surface area contributed by atoms with Gasteiger partial charge in [-0.15, -0.1) is 0 Å². The Morgan fingerprint density at radius 3 is 2.69 bits per heavy atom. The Bertz CT molecular complexity index is 443. The molecule has 2 rings (SSSR count). The first-order valence-corrected chi connectivity index (χ1v) is 6.70. The van der Waals surface area contributed by atoms with Gasteiger partial charge in [0.25, 0.3) is 0 Å². The summed E-state index contributed by atoms with van der Waals surface area (Å²) in [5.74, 6) is 0.541. The Balaban J connectivity index is 2.46. The molecule has 1 aromatic rings. The zero-order valence-electron chi connectivity index (χ0n) is 11.7. The maximum absolute atomic E-state index is 12.2. The van der Waals surface area contributed by atoms with Crippen molar-refractivity contribution in [3.63, 3.8) is 0 Å². The van der Waals surface area contributed by atoms with Gasteiger partial charge in [0.1, 0.15) is 5.70 Å². The molecule has 88 valence electrons. The number of ether oxygens (including phenoxy) is 1. The van der Waals surface area contributed by atoms with Gasteiger partial charge in [0.05, 0.1) is 9.85 Å². The molecule has 0 saturated carbocycles. The Morgan fingerprint density at radius 1 is 1.50 bits per heavy atom. The molecular formula is C13H18O2S. The quantitative estimate of drug-likeness (QED) is 0.760. The third-order valence-electron chi connectivity index (χ3n) is 3.01. The molecule has 1 aliphatic carbocycles. The second-order valence-corrected chi connectivity index (χ2v) is 5.34. The normalized spacial score (nSPS) is 22.4. The van der Waals surface area contributed by atoms with Gasteiger partial charge in [-0.25, -0.2) is 0 Å². The van der Waals surface area contributed by atoms with Crippen molar-refractivity contribution in [2.45, 2.75) is 37.5 Å². The van der Waals surface area contributed by atoms with Crippen LogP contribution in [0.3, 0.4) is 0 Å². The van der Waals surface area contributed by atoms with Crippen LogP contribution in [0.25, 0.3) is 0 Å². The van der Waals surface area contributed by atoms with E-state index in [2.05, 4.69) is 0 Å². The van der Waals surface area contributed by atoms with E-state index in [-0.39, 0.29) is 0 Å². The van der Waals surface area contributed by atoms with Crippen molar-refractivity contribution < 1.29 is 12.0 Å². The standard InChI is InChI=1S/C13H18O2S/c1-3-16(14)13-9-11-7-5-4-6-10(11)8-12(13)15-2/h8-9H,3-7H2,1-2H3/i3DH/t3-,16?/m1/s1. The topological polar surface area (TPSA) is 32.3 Å². The van der Waals surface area contributed by atoms with Gasteiger partial charge in [-0.2, -0.15) is 0 Å². The number of hydrogen-bond donors (Lipinski definition) is 0. The molecule has 0 N–H and O–H groups in total. The SMILES string of the molecule is [1H][C@@]([2H])(C)[S+]([O-])c1cc2c(cc1OC)CCCC2. The van der Waals surface area contributed by atoms with E-state index in [4.69, 9.17) is 7.48 Å². The smallest absolute Gasteiger partial charge is 0.194 e.